The van der Waals surface area contributed by atoms with Crippen LogP contribution in [0.4, 0.5) is 11.4 Å². The van der Waals surface area contributed by atoms with Crippen molar-refractivity contribution in [2.75, 3.05) is 19.0 Å². The number of amides is 1. The van der Waals surface area contributed by atoms with Crippen LogP contribution in [0.25, 0.3) is 0 Å². The van der Waals surface area contributed by atoms with Gasteiger partial charge in [0.05, 0.1) is 18.1 Å². The molecule has 0 aromatic heterocycles. The van der Waals surface area contributed by atoms with Crippen molar-refractivity contribution < 1.29 is 28.7 Å². The Morgan fingerprint density at radius 2 is 2.21 bits per heavy atom. The first kappa shape index (κ1) is 17.7. The zero-order valence-electron chi connectivity index (χ0n) is 13.3. The lowest BCUT2D eigenvalue weighted by Gasteiger charge is -2.16. The summed E-state index contributed by atoms with van der Waals surface area (Å²) < 4.78 is 15.1. The van der Waals surface area contributed by atoms with E-state index >= 15 is 0 Å². The first-order chi connectivity index (χ1) is 11.4. The van der Waals surface area contributed by atoms with Crippen molar-refractivity contribution in [3.63, 3.8) is 0 Å². The molecule has 0 saturated carbocycles. The highest BCUT2D eigenvalue weighted by molar-refractivity contribution is 5.97. The smallest absolute Gasteiger partial charge is 0.336 e. The molecule has 9 nitrogen and oxygen atoms in total. The van der Waals surface area contributed by atoms with Crippen LogP contribution in [0.15, 0.2) is 18.2 Å². The summed E-state index contributed by atoms with van der Waals surface area (Å²) in [5.74, 6) is -0.994. The van der Waals surface area contributed by atoms with E-state index in [1.807, 2.05) is 0 Å². The minimum atomic E-state index is -1.11. The van der Waals surface area contributed by atoms with Crippen molar-refractivity contribution >= 4 is 23.3 Å². The van der Waals surface area contributed by atoms with E-state index in [0.29, 0.717) is 13.0 Å². The van der Waals surface area contributed by atoms with Gasteiger partial charge < -0.3 is 19.5 Å². The van der Waals surface area contributed by atoms with E-state index in [1.54, 1.807) is 0 Å². The van der Waals surface area contributed by atoms with Crippen LogP contribution in [0.2, 0.25) is 0 Å². The number of carbonyl (C=O) groups excluding carboxylic acids is 2. The van der Waals surface area contributed by atoms with Crippen LogP contribution in [-0.4, -0.2) is 42.7 Å². The second-order valence-corrected chi connectivity index (χ2v) is 5.21. The molecular formula is C15H18N2O7. The average Bonchev–Trinajstić information content (AvgIpc) is 3.09. The molecule has 0 bridgehead atoms. The van der Waals surface area contributed by atoms with Gasteiger partial charge in [0.2, 0.25) is 0 Å². The van der Waals surface area contributed by atoms with Crippen LogP contribution >= 0.6 is 0 Å². The van der Waals surface area contributed by atoms with Gasteiger partial charge in [-0.1, -0.05) is 0 Å². The third kappa shape index (κ3) is 4.19. The highest BCUT2D eigenvalue weighted by atomic mass is 16.6. The van der Waals surface area contributed by atoms with Gasteiger partial charge in [-0.05, 0) is 31.9 Å². The first-order valence-electron chi connectivity index (χ1n) is 7.37. The van der Waals surface area contributed by atoms with E-state index in [-0.39, 0.29) is 17.1 Å². The Bertz CT molecular complexity index is 641. The molecule has 1 aliphatic rings. The van der Waals surface area contributed by atoms with Crippen LogP contribution in [-0.2, 0) is 19.1 Å². The Hall–Kier alpha value is -2.68. The monoisotopic (exact) mass is 338 g/mol. The topological polar surface area (TPSA) is 117 Å². The van der Waals surface area contributed by atoms with Crippen molar-refractivity contribution in [1.82, 2.24) is 0 Å². The number of esters is 1. The van der Waals surface area contributed by atoms with Gasteiger partial charge in [-0.2, -0.15) is 0 Å². The Labute approximate surface area is 138 Å². The Balaban J connectivity index is 2.03. The first-order valence-corrected chi connectivity index (χ1v) is 7.37. The number of hydrogen-bond acceptors (Lipinski definition) is 7. The predicted molar refractivity (Wildman–Crippen MR) is 82.8 cm³/mol. The minimum absolute atomic E-state index is 0.00850. The summed E-state index contributed by atoms with van der Waals surface area (Å²) in [6.45, 7) is 1.87. The molecule has 0 spiro atoms. The van der Waals surface area contributed by atoms with Crippen LogP contribution < -0.4 is 10.1 Å². The van der Waals surface area contributed by atoms with Crippen molar-refractivity contribution in [3.8, 4) is 5.75 Å². The number of anilines is 1. The number of ether oxygens (including phenoxy) is 3. The predicted octanol–water partition coefficient (Wildman–Crippen LogP) is 1.65. The van der Waals surface area contributed by atoms with Crippen molar-refractivity contribution in [3.05, 3.63) is 28.3 Å². The number of nitro groups is 1. The Morgan fingerprint density at radius 3 is 2.79 bits per heavy atom. The van der Waals surface area contributed by atoms with Gasteiger partial charge >= 0.3 is 5.97 Å². The number of methoxy groups -OCH3 is 1. The molecule has 1 amide bonds. The molecule has 1 heterocycles. The molecule has 2 atom stereocenters. The van der Waals surface area contributed by atoms with Gasteiger partial charge in [0.15, 0.2) is 12.2 Å². The fourth-order valence-corrected chi connectivity index (χ4v) is 2.20. The normalized spacial score (nSPS) is 17.8. The molecule has 24 heavy (non-hydrogen) atoms. The lowest BCUT2D eigenvalue weighted by atomic mass is 10.2. The molecule has 0 radical (unpaired) electrons. The Morgan fingerprint density at radius 1 is 1.46 bits per heavy atom. The second kappa shape index (κ2) is 7.73. The number of carbonyl (C=O) groups is 2. The maximum atomic E-state index is 12.1. The zero-order valence-corrected chi connectivity index (χ0v) is 13.3. The van der Waals surface area contributed by atoms with E-state index in [4.69, 9.17) is 14.2 Å². The lowest BCUT2D eigenvalue weighted by Crippen LogP contribution is -2.34. The van der Waals surface area contributed by atoms with Crippen LogP contribution in [0.5, 0.6) is 5.75 Å². The molecule has 9 heteroatoms. The van der Waals surface area contributed by atoms with Gasteiger partial charge in [-0.3, -0.25) is 14.9 Å². The molecule has 130 valence electrons. The third-order valence-electron chi connectivity index (χ3n) is 3.51. The summed E-state index contributed by atoms with van der Waals surface area (Å²) in [5, 5.41) is 13.5. The summed E-state index contributed by atoms with van der Waals surface area (Å²) in [7, 11) is 1.38. The lowest BCUT2D eigenvalue weighted by molar-refractivity contribution is -0.384. The fraction of sp³-hybridized carbons (Fsp3) is 0.467. The standard InChI is InChI=1S/C15H18N2O7/c1-9(24-15(19)13-4-3-7-23-13)14(18)16-11-6-5-10(22-2)8-12(11)17(20)21/h5-6,8-9,13H,3-4,7H2,1-2H3,(H,16,18)/t9-,13-/m0/s1. The molecule has 2 rings (SSSR count). The molecule has 1 fully saturated rings. The molecule has 1 aromatic carbocycles. The molecule has 0 unspecified atom stereocenters. The quantitative estimate of drug-likeness (QED) is 0.476. The van der Waals surface area contributed by atoms with E-state index in [0.717, 1.165) is 6.42 Å². The largest absolute Gasteiger partial charge is 0.496 e. The van der Waals surface area contributed by atoms with E-state index in [2.05, 4.69) is 5.32 Å². The van der Waals surface area contributed by atoms with Crippen LogP contribution in [0, 0.1) is 10.1 Å². The number of nitrogens with zero attached hydrogens (tertiary/aromatic N) is 1. The van der Waals surface area contributed by atoms with Crippen LogP contribution in [0.3, 0.4) is 0 Å². The zero-order chi connectivity index (χ0) is 17.7. The third-order valence-corrected chi connectivity index (χ3v) is 3.51. The minimum Gasteiger partial charge on any atom is -0.496 e. The SMILES string of the molecule is COc1ccc(NC(=O)[C@H](C)OC(=O)[C@@H]2CCCO2)c([N+](=O)[O-])c1. The van der Waals surface area contributed by atoms with Crippen molar-refractivity contribution in [1.29, 1.82) is 0 Å². The number of hydrogen-bond donors (Lipinski definition) is 1. The highest BCUT2D eigenvalue weighted by Gasteiger charge is 2.29. The second-order valence-electron chi connectivity index (χ2n) is 5.21. The maximum Gasteiger partial charge on any atom is 0.336 e. The summed E-state index contributed by atoms with van der Waals surface area (Å²) >= 11 is 0. The number of nitro benzene ring substituents is 1. The van der Waals surface area contributed by atoms with Crippen LogP contribution in [0.1, 0.15) is 19.8 Å². The van der Waals surface area contributed by atoms with E-state index < -0.39 is 29.0 Å². The van der Waals surface area contributed by atoms with Crippen molar-refractivity contribution in [2.24, 2.45) is 0 Å². The summed E-state index contributed by atoms with van der Waals surface area (Å²) in [4.78, 5) is 34.4. The number of nitrogens with one attached hydrogen (secondary N) is 1. The molecule has 1 N–H and O–H groups in total. The van der Waals surface area contributed by atoms with E-state index in [9.17, 15) is 19.7 Å². The Kier molecular flexibility index (Phi) is 5.69. The maximum absolute atomic E-state index is 12.1. The molecular weight excluding hydrogens is 320 g/mol. The van der Waals surface area contributed by atoms with E-state index in [1.165, 1.54) is 32.2 Å². The van der Waals surface area contributed by atoms with Gasteiger partial charge in [0, 0.05) is 6.61 Å². The molecule has 1 aromatic rings. The van der Waals surface area contributed by atoms with Crippen molar-refractivity contribution in [2.45, 2.75) is 32.0 Å². The molecule has 1 aliphatic heterocycles. The summed E-state index contributed by atoms with van der Waals surface area (Å²) in [6.07, 6.45) is -0.450. The highest BCUT2D eigenvalue weighted by Crippen LogP contribution is 2.29. The average molecular weight is 338 g/mol. The van der Waals surface area contributed by atoms with Gasteiger partial charge in [-0.15, -0.1) is 0 Å². The number of rotatable bonds is 6. The van der Waals surface area contributed by atoms with Gasteiger partial charge in [0.25, 0.3) is 11.6 Å². The molecule has 1 saturated heterocycles. The molecule has 0 aliphatic carbocycles. The summed E-state index contributed by atoms with van der Waals surface area (Å²) in [6, 6.07) is 4.02. The van der Waals surface area contributed by atoms with Gasteiger partial charge in [0.1, 0.15) is 11.4 Å². The van der Waals surface area contributed by atoms with Gasteiger partial charge in [-0.25, -0.2) is 4.79 Å². The summed E-state index contributed by atoms with van der Waals surface area (Å²) in [5.41, 5.74) is -0.328. The number of benzene rings is 1. The fourth-order valence-electron chi connectivity index (χ4n) is 2.20.